The van der Waals surface area contributed by atoms with Gasteiger partial charge in [-0.2, -0.15) is 0 Å². The Balaban J connectivity index is 5.76. The second-order valence-corrected chi connectivity index (χ2v) is 7.32. The molecule has 0 rings (SSSR count). The van der Waals surface area contributed by atoms with E-state index in [1.54, 1.807) is 48.5 Å². The summed E-state index contributed by atoms with van der Waals surface area (Å²) in [7, 11) is 0. The van der Waals surface area contributed by atoms with E-state index in [0.29, 0.717) is 0 Å². The van der Waals surface area contributed by atoms with Crippen LogP contribution >= 0.6 is 0 Å². The normalized spacial score (nSPS) is 11.5. The van der Waals surface area contributed by atoms with E-state index in [-0.39, 0.29) is 19.6 Å². The van der Waals surface area contributed by atoms with Crippen LogP contribution in [0.25, 0.3) is 0 Å². The smallest absolute Gasteiger partial charge is 0.410 e. The fraction of sp³-hybridized carbons (Fsp3) is 0.722. The zero-order chi connectivity index (χ0) is 19.8. The second-order valence-electron chi connectivity index (χ2n) is 7.32. The molecule has 0 aromatic rings. The first-order valence-corrected chi connectivity index (χ1v) is 8.15. The van der Waals surface area contributed by atoms with Crippen LogP contribution in [0.4, 0.5) is 4.79 Å². The summed E-state index contributed by atoms with van der Waals surface area (Å²) >= 11 is 0. The Morgan fingerprint density at radius 2 is 1.44 bits per heavy atom. The molecule has 142 valence electrons. The lowest BCUT2D eigenvalue weighted by Crippen LogP contribution is -2.54. The molecule has 25 heavy (non-hydrogen) atoms. The highest BCUT2D eigenvalue weighted by atomic mass is 16.6. The Morgan fingerprint density at radius 1 is 1.00 bits per heavy atom. The number of nitrogens with zero attached hydrogens (tertiary/aromatic N) is 1. The minimum atomic E-state index is -1.59. The lowest BCUT2D eigenvalue weighted by Gasteiger charge is -2.32. The molecule has 0 aromatic heterocycles. The molecular formula is C18H29NO6. The molecule has 0 aliphatic rings. The topological polar surface area (TPSA) is 82.1 Å². The Morgan fingerprint density at radius 3 is 1.76 bits per heavy atom. The standard InChI is InChI=1S/C18H29NO6/c1-9-11-12-19(16(22)23-10-2)13(14(20)24-17(3,4)5)15(21)25-18(6,7)8/h1,13H,10-12H2,2-8H3. The van der Waals surface area contributed by atoms with E-state index in [0.717, 1.165) is 4.90 Å². The van der Waals surface area contributed by atoms with Gasteiger partial charge in [-0.15, -0.1) is 12.3 Å². The fourth-order valence-electron chi connectivity index (χ4n) is 1.78. The predicted molar refractivity (Wildman–Crippen MR) is 92.7 cm³/mol. The molecule has 0 fully saturated rings. The number of hydrogen-bond donors (Lipinski definition) is 0. The van der Waals surface area contributed by atoms with Crippen molar-refractivity contribution in [3.05, 3.63) is 0 Å². The van der Waals surface area contributed by atoms with Crippen LogP contribution in [-0.2, 0) is 23.8 Å². The summed E-state index contributed by atoms with van der Waals surface area (Å²) in [5.41, 5.74) is -1.69. The largest absolute Gasteiger partial charge is 0.458 e. The zero-order valence-electron chi connectivity index (χ0n) is 16.2. The van der Waals surface area contributed by atoms with Crippen LogP contribution in [-0.4, -0.2) is 53.3 Å². The number of rotatable bonds is 6. The van der Waals surface area contributed by atoms with E-state index in [1.165, 1.54) is 0 Å². The van der Waals surface area contributed by atoms with E-state index in [2.05, 4.69) is 5.92 Å². The predicted octanol–water partition coefficient (Wildman–Crippen LogP) is 2.52. The number of amides is 1. The molecule has 0 aromatic carbocycles. The summed E-state index contributed by atoms with van der Waals surface area (Å²) in [6, 6.07) is -1.59. The summed E-state index contributed by atoms with van der Waals surface area (Å²) in [6.07, 6.45) is 4.55. The van der Waals surface area contributed by atoms with Gasteiger partial charge in [0, 0.05) is 13.0 Å². The molecule has 0 bridgehead atoms. The summed E-state index contributed by atoms with van der Waals surface area (Å²) in [6.45, 7) is 11.6. The maximum atomic E-state index is 12.6. The molecule has 0 saturated carbocycles. The number of carbonyl (C=O) groups is 3. The molecule has 0 saturated heterocycles. The summed E-state index contributed by atoms with van der Waals surface area (Å²) in [5.74, 6) is 0.578. The Bertz CT molecular complexity index is 493. The van der Waals surface area contributed by atoms with Crippen LogP contribution in [0, 0.1) is 12.3 Å². The van der Waals surface area contributed by atoms with Crippen LogP contribution in [0.1, 0.15) is 54.9 Å². The van der Waals surface area contributed by atoms with Crippen molar-refractivity contribution in [3.63, 3.8) is 0 Å². The highest BCUT2D eigenvalue weighted by molar-refractivity contribution is 6.02. The van der Waals surface area contributed by atoms with E-state index >= 15 is 0 Å². The van der Waals surface area contributed by atoms with E-state index in [1.807, 2.05) is 0 Å². The Hall–Kier alpha value is -2.23. The lowest BCUT2D eigenvalue weighted by molar-refractivity contribution is -0.175. The molecule has 0 radical (unpaired) electrons. The van der Waals surface area contributed by atoms with Crippen molar-refractivity contribution in [2.75, 3.05) is 13.2 Å². The zero-order valence-corrected chi connectivity index (χ0v) is 16.2. The van der Waals surface area contributed by atoms with Crippen molar-refractivity contribution >= 4 is 18.0 Å². The highest BCUT2D eigenvalue weighted by Crippen LogP contribution is 2.17. The summed E-state index contributed by atoms with van der Waals surface area (Å²) < 4.78 is 15.5. The van der Waals surface area contributed by atoms with Crippen molar-refractivity contribution in [2.45, 2.75) is 72.1 Å². The Kier molecular flexibility index (Phi) is 8.47. The number of carbonyl (C=O) groups excluding carboxylic acids is 3. The van der Waals surface area contributed by atoms with Crippen LogP contribution in [0.15, 0.2) is 0 Å². The highest BCUT2D eigenvalue weighted by Gasteiger charge is 2.42. The van der Waals surface area contributed by atoms with Crippen molar-refractivity contribution in [2.24, 2.45) is 0 Å². The SMILES string of the molecule is C#CCCN(C(=O)OCC)C(C(=O)OC(C)(C)C)C(=O)OC(C)(C)C. The van der Waals surface area contributed by atoms with Crippen molar-refractivity contribution in [3.8, 4) is 12.3 Å². The van der Waals surface area contributed by atoms with Gasteiger partial charge >= 0.3 is 18.0 Å². The summed E-state index contributed by atoms with van der Waals surface area (Å²) in [5, 5.41) is 0. The third-order valence-electron chi connectivity index (χ3n) is 2.57. The van der Waals surface area contributed by atoms with Gasteiger partial charge in [0.1, 0.15) is 11.2 Å². The maximum Gasteiger partial charge on any atom is 0.410 e. The second kappa shape index (κ2) is 9.30. The average molecular weight is 355 g/mol. The van der Waals surface area contributed by atoms with Crippen molar-refractivity contribution < 1.29 is 28.6 Å². The molecule has 0 N–H and O–H groups in total. The molecule has 0 heterocycles. The quantitative estimate of drug-likeness (QED) is 0.315. The third-order valence-corrected chi connectivity index (χ3v) is 2.57. The van der Waals surface area contributed by atoms with Gasteiger partial charge in [-0.1, -0.05) is 0 Å². The average Bonchev–Trinajstić information content (AvgIpc) is 2.39. The molecule has 7 heteroatoms. The number of ether oxygens (including phenoxy) is 3. The minimum Gasteiger partial charge on any atom is -0.458 e. The molecule has 0 atom stereocenters. The molecule has 7 nitrogen and oxygen atoms in total. The molecule has 1 amide bonds. The van der Waals surface area contributed by atoms with Gasteiger partial charge in [-0.05, 0) is 48.5 Å². The van der Waals surface area contributed by atoms with Crippen LogP contribution in [0.3, 0.4) is 0 Å². The van der Waals surface area contributed by atoms with Gasteiger partial charge in [0.25, 0.3) is 0 Å². The van der Waals surface area contributed by atoms with Gasteiger partial charge in [0.05, 0.1) is 6.61 Å². The van der Waals surface area contributed by atoms with Gasteiger partial charge in [0.15, 0.2) is 0 Å². The van der Waals surface area contributed by atoms with Crippen molar-refractivity contribution in [1.82, 2.24) is 4.90 Å². The lowest BCUT2D eigenvalue weighted by atomic mass is 10.1. The molecule has 0 aliphatic carbocycles. The fourth-order valence-corrected chi connectivity index (χ4v) is 1.78. The van der Waals surface area contributed by atoms with Gasteiger partial charge in [-0.3, -0.25) is 4.90 Å². The van der Waals surface area contributed by atoms with E-state index in [9.17, 15) is 14.4 Å². The molecule has 0 aliphatic heterocycles. The van der Waals surface area contributed by atoms with Gasteiger partial charge in [0.2, 0.25) is 6.04 Å². The van der Waals surface area contributed by atoms with Crippen LogP contribution in [0.2, 0.25) is 0 Å². The molecule has 0 unspecified atom stereocenters. The molecular weight excluding hydrogens is 326 g/mol. The third kappa shape index (κ3) is 8.99. The maximum absolute atomic E-state index is 12.6. The Labute approximate surface area is 150 Å². The van der Waals surface area contributed by atoms with Gasteiger partial charge < -0.3 is 14.2 Å². The van der Waals surface area contributed by atoms with Crippen LogP contribution in [0.5, 0.6) is 0 Å². The number of hydrogen-bond acceptors (Lipinski definition) is 6. The molecule has 0 spiro atoms. The summed E-state index contributed by atoms with van der Waals surface area (Å²) in [4.78, 5) is 38.4. The minimum absolute atomic E-state index is 0.0432. The first-order valence-electron chi connectivity index (χ1n) is 8.15. The number of terminal acetylenes is 1. The van der Waals surface area contributed by atoms with Crippen molar-refractivity contribution in [1.29, 1.82) is 0 Å². The monoisotopic (exact) mass is 355 g/mol. The first-order chi connectivity index (χ1) is 11.3. The van der Waals surface area contributed by atoms with E-state index < -0.39 is 35.3 Å². The number of esters is 2. The first kappa shape index (κ1) is 22.8. The van der Waals surface area contributed by atoms with E-state index in [4.69, 9.17) is 20.6 Å². The van der Waals surface area contributed by atoms with Crippen LogP contribution < -0.4 is 0 Å². The van der Waals surface area contributed by atoms with Gasteiger partial charge in [-0.25, -0.2) is 14.4 Å².